The van der Waals surface area contributed by atoms with Gasteiger partial charge >= 0.3 is 0 Å². The predicted molar refractivity (Wildman–Crippen MR) is 153 cm³/mol. The first-order valence-corrected chi connectivity index (χ1v) is 16.1. The zero-order chi connectivity index (χ0) is 28.2. The Hall–Kier alpha value is -2.73. The highest BCUT2D eigenvalue weighted by atomic mass is 32.2. The molecule has 2 aliphatic heterocycles. The second kappa shape index (κ2) is 10.3. The van der Waals surface area contributed by atoms with Crippen molar-refractivity contribution in [1.82, 2.24) is 14.5 Å². The number of pyridine rings is 1. The van der Waals surface area contributed by atoms with Crippen LogP contribution >= 0.6 is 0 Å². The van der Waals surface area contributed by atoms with Crippen LogP contribution in [0.3, 0.4) is 0 Å². The van der Waals surface area contributed by atoms with Gasteiger partial charge in [-0.2, -0.15) is 0 Å². The summed E-state index contributed by atoms with van der Waals surface area (Å²) in [6, 6.07) is 7.23. The zero-order valence-corrected chi connectivity index (χ0v) is 24.4. The molecule has 10 nitrogen and oxygen atoms in total. The van der Waals surface area contributed by atoms with Crippen LogP contribution in [0.4, 0.5) is 17.2 Å². The van der Waals surface area contributed by atoms with E-state index < -0.39 is 16.1 Å². The van der Waals surface area contributed by atoms with Crippen LogP contribution in [-0.2, 0) is 19.3 Å². The van der Waals surface area contributed by atoms with Gasteiger partial charge in [0, 0.05) is 24.8 Å². The summed E-state index contributed by atoms with van der Waals surface area (Å²) >= 11 is 0. The molecule has 0 amide bonds. The van der Waals surface area contributed by atoms with Crippen molar-refractivity contribution in [1.29, 1.82) is 0 Å². The number of aryl methyl sites for hydroxylation is 1. The second-order valence-electron chi connectivity index (χ2n) is 12.1. The normalized spacial score (nSPS) is 23.8. The first kappa shape index (κ1) is 27.4. The van der Waals surface area contributed by atoms with E-state index in [1.807, 2.05) is 17.6 Å². The summed E-state index contributed by atoms with van der Waals surface area (Å²) in [5.41, 5.74) is 2.90. The van der Waals surface area contributed by atoms with Gasteiger partial charge < -0.3 is 25.2 Å². The molecule has 11 heteroatoms. The van der Waals surface area contributed by atoms with Crippen molar-refractivity contribution in [2.45, 2.75) is 94.8 Å². The Morgan fingerprint density at radius 1 is 1.10 bits per heavy atom. The van der Waals surface area contributed by atoms with Crippen LogP contribution in [0.25, 0.3) is 11.2 Å². The average molecular weight is 570 g/mol. The van der Waals surface area contributed by atoms with E-state index in [1.54, 1.807) is 18.2 Å². The Labute approximate surface area is 235 Å². The molecule has 0 radical (unpaired) electrons. The topological polar surface area (TPSA) is 128 Å². The van der Waals surface area contributed by atoms with E-state index in [0.717, 1.165) is 56.3 Å². The molecule has 0 bridgehead atoms. The summed E-state index contributed by atoms with van der Waals surface area (Å²) in [4.78, 5) is 9.88. The molecule has 2 saturated heterocycles. The van der Waals surface area contributed by atoms with Gasteiger partial charge in [0.25, 0.3) is 0 Å². The number of imidazole rings is 1. The number of hydrogen-bond donors (Lipinski definition) is 3. The molecule has 3 aliphatic rings. The minimum atomic E-state index is -3.57. The van der Waals surface area contributed by atoms with Gasteiger partial charge in [-0.05, 0) is 83.4 Å². The first-order chi connectivity index (χ1) is 19.0. The molecule has 3 aromatic rings. The molecular formula is C29H39N5O5S. The fourth-order valence-corrected chi connectivity index (χ4v) is 6.67. The van der Waals surface area contributed by atoms with E-state index in [4.69, 9.17) is 19.4 Å². The summed E-state index contributed by atoms with van der Waals surface area (Å²) in [6.07, 6.45) is 6.83. The first-order valence-electron chi connectivity index (χ1n) is 14.2. The third-order valence-corrected chi connectivity index (χ3v) is 9.29. The molecule has 4 heterocycles. The number of aliphatic hydroxyl groups excluding tert-OH is 1. The Bertz CT molecular complexity index is 1530. The number of nitrogens with zero attached hydrogens (tertiary/aromatic N) is 3. The largest absolute Gasteiger partial charge is 0.373 e. The Morgan fingerprint density at radius 3 is 2.55 bits per heavy atom. The molecule has 1 aromatic carbocycles. The van der Waals surface area contributed by atoms with Crippen LogP contribution in [0.5, 0.6) is 0 Å². The highest BCUT2D eigenvalue weighted by Gasteiger charge is 2.34. The van der Waals surface area contributed by atoms with Crippen molar-refractivity contribution >= 4 is 38.2 Å². The highest BCUT2D eigenvalue weighted by Crippen LogP contribution is 2.41. The van der Waals surface area contributed by atoms with Crippen molar-refractivity contribution in [3.05, 3.63) is 35.7 Å². The molecule has 6 rings (SSSR count). The quantitative estimate of drug-likeness (QED) is 0.307. The molecule has 40 heavy (non-hydrogen) atoms. The third-order valence-electron chi connectivity index (χ3n) is 8.15. The van der Waals surface area contributed by atoms with Gasteiger partial charge in [0.2, 0.25) is 0 Å². The maximum Gasteiger partial charge on any atom is 0.177 e. The van der Waals surface area contributed by atoms with Crippen molar-refractivity contribution in [3.8, 4) is 0 Å². The van der Waals surface area contributed by atoms with Gasteiger partial charge in [-0.1, -0.05) is 6.07 Å². The van der Waals surface area contributed by atoms with Crippen molar-refractivity contribution < 1.29 is 23.0 Å². The third kappa shape index (κ3) is 5.57. The maximum atomic E-state index is 13.0. The molecule has 3 N–H and O–H groups in total. The van der Waals surface area contributed by atoms with Crippen LogP contribution in [0, 0.1) is 12.8 Å². The van der Waals surface area contributed by atoms with E-state index in [2.05, 4.69) is 24.5 Å². The van der Waals surface area contributed by atoms with Crippen LogP contribution in [0.15, 0.2) is 29.2 Å². The van der Waals surface area contributed by atoms with E-state index in [1.165, 1.54) is 6.26 Å². The van der Waals surface area contributed by atoms with Crippen LogP contribution in [0.2, 0.25) is 0 Å². The monoisotopic (exact) mass is 569 g/mol. The number of benzene rings is 1. The lowest BCUT2D eigenvalue weighted by molar-refractivity contribution is -0.0309. The van der Waals surface area contributed by atoms with E-state index in [9.17, 15) is 13.5 Å². The van der Waals surface area contributed by atoms with E-state index in [-0.39, 0.29) is 28.7 Å². The SMILES string of the molecule is Cc1nc2c(Nc3ccc(C4CCC(C)(C)O4)cc3S(C)(=O)=O)cc(NC(O)C3CC3)nc2n1C1CCCCO1. The van der Waals surface area contributed by atoms with Crippen LogP contribution in [0.1, 0.15) is 82.5 Å². The lowest BCUT2D eigenvalue weighted by Crippen LogP contribution is -2.22. The molecule has 0 spiro atoms. The summed E-state index contributed by atoms with van der Waals surface area (Å²) in [6.45, 7) is 6.72. The minimum Gasteiger partial charge on any atom is -0.373 e. The van der Waals surface area contributed by atoms with Crippen molar-refractivity contribution in [3.63, 3.8) is 0 Å². The molecule has 3 unspecified atom stereocenters. The van der Waals surface area contributed by atoms with Crippen molar-refractivity contribution in [2.24, 2.45) is 5.92 Å². The van der Waals surface area contributed by atoms with Gasteiger partial charge in [0.15, 0.2) is 15.5 Å². The fraction of sp³-hybridized carbons (Fsp3) is 0.586. The van der Waals surface area contributed by atoms with Gasteiger partial charge in [0.1, 0.15) is 29.6 Å². The number of aromatic nitrogens is 3. The highest BCUT2D eigenvalue weighted by molar-refractivity contribution is 7.90. The molecule has 1 saturated carbocycles. The van der Waals surface area contributed by atoms with Crippen molar-refractivity contribution in [2.75, 3.05) is 23.5 Å². The Balaban J connectivity index is 1.42. The Morgan fingerprint density at radius 2 is 1.90 bits per heavy atom. The standard InChI is InChI=1S/C29H39N5O5S/c1-17-30-26-21(31-20-11-10-19(15-23(20)40(4,36)37)22-12-13-29(2,3)39-22)16-24(33-28(35)18-8-9-18)32-27(26)34(17)25-7-5-6-14-38-25/h10-11,15-16,18,22,25,28,35H,5-9,12-14H2,1-4H3,(H2,31,32,33). The summed E-state index contributed by atoms with van der Waals surface area (Å²) in [5.74, 6) is 1.46. The molecule has 3 fully saturated rings. The smallest absolute Gasteiger partial charge is 0.177 e. The summed E-state index contributed by atoms with van der Waals surface area (Å²) in [5, 5.41) is 17.1. The molecule has 216 valence electrons. The number of anilines is 3. The zero-order valence-electron chi connectivity index (χ0n) is 23.6. The van der Waals surface area contributed by atoms with Gasteiger partial charge in [-0.25, -0.2) is 18.4 Å². The minimum absolute atomic E-state index is 0.147. The summed E-state index contributed by atoms with van der Waals surface area (Å²) < 4.78 is 40.2. The number of hydrogen-bond acceptors (Lipinski definition) is 9. The molecule has 3 atom stereocenters. The van der Waals surface area contributed by atoms with Crippen LogP contribution < -0.4 is 10.6 Å². The predicted octanol–water partition coefficient (Wildman–Crippen LogP) is 5.36. The molecule has 2 aromatic heterocycles. The van der Waals surface area contributed by atoms with Gasteiger partial charge in [-0.15, -0.1) is 0 Å². The number of ether oxygens (including phenoxy) is 2. The Kier molecular flexibility index (Phi) is 7.05. The number of nitrogens with one attached hydrogen (secondary N) is 2. The number of fused-ring (bicyclic) bond motifs is 1. The van der Waals surface area contributed by atoms with Crippen LogP contribution in [-0.4, -0.2) is 52.8 Å². The number of aliphatic hydroxyl groups is 1. The van der Waals surface area contributed by atoms with E-state index in [0.29, 0.717) is 35.0 Å². The second-order valence-corrected chi connectivity index (χ2v) is 14.0. The number of sulfone groups is 1. The molecule has 1 aliphatic carbocycles. The lowest BCUT2D eigenvalue weighted by Gasteiger charge is -2.25. The summed E-state index contributed by atoms with van der Waals surface area (Å²) in [7, 11) is -3.57. The van der Waals surface area contributed by atoms with Gasteiger partial charge in [0.05, 0.1) is 28.0 Å². The molecular weight excluding hydrogens is 530 g/mol. The number of rotatable bonds is 8. The average Bonchev–Trinajstić information content (AvgIpc) is 3.61. The lowest BCUT2D eigenvalue weighted by atomic mass is 10.0. The van der Waals surface area contributed by atoms with Gasteiger partial charge in [-0.3, -0.25) is 4.57 Å². The maximum absolute atomic E-state index is 13.0. The fourth-order valence-electron chi connectivity index (χ4n) is 5.81. The van der Waals surface area contributed by atoms with E-state index >= 15 is 0 Å².